The second-order valence-corrected chi connectivity index (χ2v) is 4.08. The minimum atomic E-state index is -0.000927. The lowest BCUT2D eigenvalue weighted by molar-refractivity contribution is -0.144. The molecule has 2 nitrogen and oxygen atoms in total. The molecule has 0 amide bonds. The average Bonchev–Trinajstić information content (AvgIpc) is 2.70. The van der Waals surface area contributed by atoms with Crippen LogP contribution < -0.4 is 0 Å². The molecule has 1 rings (SSSR count). The van der Waals surface area contributed by atoms with Gasteiger partial charge in [0.2, 0.25) is 0 Å². The van der Waals surface area contributed by atoms with Gasteiger partial charge >= 0.3 is 5.97 Å². The van der Waals surface area contributed by atoms with Crippen LogP contribution in [0.5, 0.6) is 0 Å². The molecular formula is C12H21O2. The summed E-state index contributed by atoms with van der Waals surface area (Å²) >= 11 is 0. The van der Waals surface area contributed by atoms with Crippen molar-refractivity contribution in [2.45, 2.75) is 58.3 Å². The fourth-order valence-corrected chi connectivity index (χ4v) is 1.88. The van der Waals surface area contributed by atoms with Crippen molar-refractivity contribution in [3.8, 4) is 0 Å². The van der Waals surface area contributed by atoms with Gasteiger partial charge in [-0.3, -0.25) is 4.79 Å². The monoisotopic (exact) mass is 197 g/mol. The van der Waals surface area contributed by atoms with Crippen molar-refractivity contribution < 1.29 is 9.53 Å². The highest BCUT2D eigenvalue weighted by Gasteiger charge is 2.23. The van der Waals surface area contributed by atoms with E-state index >= 15 is 0 Å². The lowest BCUT2D eigenvalue weighted by Gasteiger charge is -2.08. The summed E-state index contributed by atoms with van der Waals surface area (Å²) in [6, 6.07) is 0. The molecule has 0 unspecified atom stereocenters. The zero-order valence-electron chi connectivity index (χ0n) is 9.13. The number of unbranched alkanes of at least 4 members (excludes halogenated alkanes) is 3. The number of carbonyl (C=O) groups is 1. The fourth-order valence-electron chi connectivity index (χ4n) is 1.88. The van der Waals surface area contributed by atoms with E-state index in [4.69, 9.17) is 4.74 Å². The summed E-state index contributed by atoms with van der Waals surface area (Å²) < 4.78 is 5.11. The van der Waals surface area contributed by atoms with Crippen LogP contribution >= 0.6 is 0 Å². The molecule has 14 heavy (non-hydrogen) atoms. The molecular weight excluding hydrogens is 176 g/mol. The van der Waals surface area contributed by atoms with Crippen LogP contribution in [0.15, 0.2) is 0 Å². The molecule has 1 radical (unpaired) electrons. The van der Waals surface area contributed by atoms with Gasteiger partial charge < -0.3 is 4.74 Å². The summed E-state index contributed by atoms with van der Waals surface area (Å²) in [6.45, 7) is 3.86. The molecule has 1 fully saturated rings. The number of rotatable bonds is 6. The minimum absolute atomic E-state index is 0.000927. The van der Waals surface area contributed by atoms with Gasteiger partial charge in [-0.05, 0) is 25.7 Å². The zero-order chi connectivity index (χ0) is 10.2. The third-order valence-electron chi connectivity index (χ3n) is 2.81. The van der Waals surface area contributed by atoms with E-state index in [1.165, 1.54) is 25.7 Å². The lowest BCUT2D eigenvalue weighted by Crippen LogP contribution is -2.13. The second-order valence-electron chi connectivity index (χ2n) is 4.08. The maximum atomic E-state index is 11.4. The van der Waals surface area contributed by atoms with Crippen LogP contribution in [-0.4, -0.2) is 5.97 Å². The summed E-state index contributed by atoms with van der Waals surface area (Å²) in [6.07, 6.45) is 8.91. The van der Waals surface area contributed by atoms with Crippen molar-refractivity contribution in [3.05, 3.63) is 6.61 Å². The quantitative estimate of drug-likeness (QED) is 0.481. The Labute approximate surface area is 87.0 Å². The van der Waals surface area contributed by atoms with Crippen LogP contribution in [0.1, 0.15) is 58.3 Å². The van der Waals surface area contributed by atoms with E-state index in [0.29, 0.717) is 0 Å². The van der Waals surface area contributed by atoms with Crippen molar-refractivity contribution in [2.24, 2.45) is 5.92 Å². The molecule has 0 aromatic heterocycles. The van der Waals surface area contributed by atoms with Crippen LogP contribution in [0.3, 0.4) is 0 Å². The van der Waals surface area contributed by atoms with Crippen molar-refractivity contribution in [3.63, 3.8) is 0 Å². The van der Waals surface area contributed by atoms with Gasteiger partial charge in [-0.2, -0.15) is 0 Å². The first kappa shape index (κ1) is 11.5. The SMILES string of the molecule is CCCCC[CH]OC(=O)C1CCCC1. The molecule has 0 atom stereocenters. The van der Waals surface area contributed by atoms with Gasteiger partial charge in [-0.15, -0.1) is 0 Å². The van der Waals surface area contributed by atoms with Gasteiger partial charge in [0.15, 0.2) is 0 Å². The molecule has 0 spiro atoms. The molecule has 81 valence electrons. The first-order valence-corrected chi connectivity index (χ1v) is 5.86. The summed E-state index contributed by atoms with van der Waals surface area (Å²) in [5.41, 5.74) is 0. The third-order valence-corrected chi connectivity index (χ3v) is 2.81. The first-order valence-electron chi connectivity index (χ1n) is 5.86. The van der Waals surface area contributed by atoms with Crippen molar-refractivity contribution in [2.75, 3.05) is 0 Å². The van der Waals surface area contributed by atoms with Crippen molar-refractivity contribution in [1.82, 2.24) is 0 Å². The van der Waals surface area contributed by atoms with Crippen LogP contribution in [0.25, 0.3) is 0 Å². The Hall–Kier alpha value is -0.530. The van der Waals surface area contributed by atoms with Crippen LogP contribution in [0.4, 0.5) is 0 Å². The number of ether oxygens (including phenoxy) is 1. The van der Waals surface area contributed by atoms with E-state index in [-0.39, 0.29) is 11.9 Å². The summed E-state index contributed by atoms with van der Waals surface area (Å²) in [5, 5.41) is 0. The topological polar surface area (TPSA) is 26.3 Å². The highest BCUT2D eigenvalue weighted by molar-refractivity contribution is 5.73. The second kappa shape index (κ2) is 6.86. The Morgan fingerprint density at radius 1 is 1.36 bits per heavy atom. The fraction of sp³-hybridized carbons (Fsp3) is 0.833. The van der Waals surface area contributed by atoms with Crippen molar-refractivity contribution in [1.29, 1.82) is 0 Å². The molecule has 1 aliphatic rings. The normalized spacial score (nSPS) is 17.2. The van der Waals surface area contributed by atoms with E-state index in [0.717, 1.165) is 25.7 Å². The number of hydrogen-bond donors (Lipinski definition) is 0. The van der Waals surface area contributed by atoms with Gasteiger partial charge in [-0.25, -0.2) is 0 Å². The molecule has 0 bridgehead atoms. The largest absolute Gasteiger partial charge is 0.458 e. The van der Waals surface area contributed by atoms with Crippen molar-refractivity contribution >= 4 is 5.97 Å². The predicted octanol–water partition coefficient (Wildman–Crippen LogP) is 3.46. The maximum Gasteiger partial charge on any atom is 0.309 e. The summed E-state index contributed by atoms with van der Waals surface area (Å²) in [5.74, 6) is 0.191. The van der Waals surface area contributed by atoms with Crippen LogP contribution in [0.2, 0.25) is 0 Å². The highest BCUT2D eigenvalue weighted by atomic mass is 16.5. The standard InChI is InChI=1S/C12H21O2/c1-2-3-4-7-10-14-12(13)11-8-5-6-9-11/h10-11H,2-9H2,1H3. The number of carbonyl (C=O) groups excluding carboxylic acids is 1. The smallest absolute Gasteiger partial charge is 0.309 e. The zero-order valence-corrected chi connectivity index (χ0v) is 9.13. The molecule has 1 saturated carbocycles. The van der Waals surface area contributed by atoms with Gasteiger partial charge in [0.1, 0.15) is 6.61 Å². The third kappa shape index (κ3) is 4.12. The van der Waals surface area contributed by atoms with E-state index in [9.17, 15) is 4.79 Å². The molecule has 2 heteroatoms. The maximum absolute atomic E-state index is 11.4. The lowest BCUT2D eigenvalue weighted by atomic mass is 10.1. The molecule has 0 saturated heterocycles. The summed E-state index contributed by atoms with van der Waals surface area (Å²) in [7, 11) is 0. The predicted molar refractivity (Wildman–Crippen MR) is 56.5 cm³/mol. The van der Waals surface area contributed by atoms with Gasteiger partial charge in [0.05, 0.1) is 5.92 Å². The molecule has 1 aliphatic carbocycles. The summed E-state index contributed by atoms with van der Waals surface area (Å²) in [4.78, 5) is 11.4. The Balaban J connectivity index is 1.97. The Morgan fingerprint density at radius 2 is 2.07 bits per heavy atom. The van der Waals surface area contributed by atoms with Gasteiger partial charge in [-0.1, -0.05) is 32.6 Å². The Kier molecular flexibility index (Phi) is 5.65. The van der Waals surface area contributed by atoms with Crippen LogP contribution in [-0.2, 0) is 9.53 Å². The average molecular weight is 197 g/mol. The molecule has 0 aromatic rings. The van der Waals surface area contributed by atoms with E-state index in [1.807, 2.05) is 0 Å². The Morgan fingerprint density at radius 3 is 2.71 bits per heavy atom. The first-order chi connectivity index (χ1) is 6.84. The molecule has 0 heterocycles. The van der Waals surface area contributed by atoms with Gasteiger partial charge in [0, 0.05) is 0 Å². The number of hydrogen-bond acceptors (Lipinski definition) is 2. The van der Waals surface area contributed by atoms with E-state index < -0.39 is 0 Å². The Bertz CT molecular complexity index is 160. The molecule has 0 aromatic carbocycles. The van der Waals surface area contributed by atoms with E-state index in [2.05, 4.69) is 6.92 Å². The highest BCUT2D eigenvalue weighted by Crippen LogP contribution is 2.26. The van der Waals surface area contributed by atoms with E-state index in [1.54, 1.807) is 6.61 Å². The number of esters is 1. The minimum Gasteiger partial charge on any atom is -0.458 e. The van der Waals surface area contributed by atoms with Gasteiger partial charge in [0.25, 0.3) is 0 Å². The molecule has 0 aliphatic heterocycles. The molecule has 0 N–H and O–H groups in total. The van der Waals surface area contributed by atoms with Crippen LogP contribution in [0, 0.1) is 12.5 Å².